The molecule has 0 aromatic carbocycles. The maximum absolute atomic E-state index is 12.1. The normalized spacial score (nSPS) is 28.1. The van der Waals surface area contributed by atoms with Crippen LogP contribution in [0.25, 0.3) is 0 Å². The monoisotopic (exact) mass is 244 g/mol. The molecule has 0 amide bonds. The minimum atomic E-state index is -3.11. The molecule has 1 aliphatic carbocycles. The van der Waals surface area contributed by atoms with Crippen LogP contribution in [0.1, 0.15) is 32.1 Å². The van der Waals surface area contributed by atoms with Gasteiger partial charge in [-0.3, -0.25) is 0 Å². The van der Waals surface area contributed by atoms with Gasteiger partial charge in [-0.15, -0.1) is 0 Å². The Bertz CT molecular complexity index is 345. The molecule has 16 heavy (non-hydrogen) atoms. The number of nitrogens with one attached hydrogen (secondary N) is 2. The summed E-state index contributed by atoms with van der Waals surface area (Å²) >= 11 is 0. The van der Waals surface area contributed by atoms with Crippen molar-refractivity contribution in [2.75, 3.05) is 13.1 Å². The number of allylic oxidation sites excluding steroid dienone is 1. The zero-order valence-corrected chi connectivity index (χ0v) is 10.3. The highest BCUT2D eigenvalue weighted by atomic mass is 32.2. The van der Waals surface area contributed by atoms with Gasteiger partial charge in [-0.25, -0.2) is 13.1 Å². The third-order valence-corrected chi connectivity index (χ3v) is 5.34. The first kappa shape index (κ1) is 12.1. The van der Waals surface area contributed by atoms with Gasteiger partial charge < -0.3 is 5.32 Å². The second kappa shape index (κ2) is 5.29. The lowest BCUT2D eigenvalue weighted by atomic mass is 10.0. The summed E-state index contributed by atoms with van der Waals surface area (Å²) in [6.45, 7) is 1.63. The van der Waals surface area contributed by atoms with Crippen LogP contribution in [0.4, 0.5) is 0 Å². The summed E-state index contributed by atoms with van der Waals surface area (Å²) < 4.78 is 27.0. The number of rotatable bonds is 3. The number of hydrogen-bond donors (Lipinski definition) is 2. The summed E-state index contributed by atoms with van der Waals surface area (Å²) in [4.78, 5) is 0. The van der Waals surface area contributed by atoms with Crippen LogP contribution in [0.3, 0.4) is 0 Å². The van der Waals surface area contributed by atoms with Crippen LogP contribution in [0.2, 0.25) is 0 Å². The largest absolute Gasteiger partial charge is 0.317 e. The van der Waals surface area contributed by atoms with Gasteiger partial charge in [-0.05, 0) is 45.2 Å². The van der Waals surface area contributed by atoms with E-state index in [2.05, 4.69) is 22.2 Å². The molecule has 2 rings (SSSR count). The van der Waals surface area contributed by atoms with Crippen molar-refractivity contribution in [1.29, 1.82) is 0 Å². The van der Waals surface area contributed by atoms with Crippen molar-refractivity contribution in [3.05, 3.63) is 12.2 Å². The van der Waals surface area contributed by atoms with Gasteiger partial charge in [-0.2, -0.15) is 0 Å². The van der Waals surface area contributed by atoms with Crippen LogP contribution in [-0.4, -0.2) is 32.8 Å². The molecule has 0 aromatic heterocycles. The Hall–Kier alpha value is -0.390. The van der Waals surface area contributed by atoms with E-state index in [4.69, 9.17) is 0 Å². The second-order valence-electron chi connectivity index (χ2n) is 4.59. The van der Waals surface area contributed by atoms with E-state index in [0.29, 0.717) is 0 Å². The van der Waals surface area contributed by atoms with Crippen molar-refractivity contribution in [2.45, 2.75) is 43.4 Å². The molecule has 1 heterocycles. The third-order valence-electron chi connectivity index (χ3n) is 3.33. The predicted octanol–water partition coefficient (Wildman–Crippen LogP) is 0.767. The van der Waals surface area contributed by atoms with Crippen molar-refractivity contribution in [3.8, 4) is 0 Å². The van der Waals surface area contributed by atoms with Crippen LogP contribution in [-0.2, 0) is 10.0 Å². The van der Waals surface area contributed by atoms with Crippen molar-refractivity contribution < 1.29 is 8.42 Å². The summed E-state index contributed by atoms with van der Waals surface area (Å²) in [6.07, 6.45) is 8.41. The molecular weight excluding hydrogens is 224 g/mol. The van der Waals surface area contributed by atoms with E-state index in [1.165, 1.54) is 0 Å². The maximum atomic E-state index is 12.1. The minimum absolute atomic E-state index is 0.116. The summed E-state index contributed by atoms with van der Waals surface area (Å²) in [5.41, 5.74) is 0. The lowest BCUT2D eigenvalue weighted by Crippen LogP contribution is -2.45. The molecule has 0 bridgehead atoms. The van der Waals surface area contributed by atoms with E-state index < -0.39 is 10.0 Å². The Balaban J connectivity index is 1.93. The fourth-order valence-electron chi connectivity index (χ4n) is 2.33. The topological polar surface area (TPSA) is 58.2 Å². The molecule has 2 aliphatic rings. The maximum Gasteiger partial charge on any atom is 0.214 e. The second-order valence-corrected chi connectivity index (χ2v) is 6.59. The van der Waals surface area contributed by atoms with Gasteiger partial charge in [0, 0.05) is 6.04 Å². The van der Waals surface area contributed by atoms with Crippen molar-refractivity contribution in [2.24, 2.45) is 0 Å². The average molecular weight is 244 g/mol. The van der Waals surface area contributed by atoms with Crippen LogP contribution >= 0.6 is 0 Å². The zero-order chi connectivity index (χ0) is 11.4. The van der Waals surface area contributed by atoms with Crippen LogP contribution in [0.15, 0.2) is 12.2 Å². The minimum Gasteiger partial charge on any atom is -0.317 e. The Labute approximate surface area is 97.5 Å². The highest BCUT2D eigenvalue weighted by Gasteiger charge is 2.29. The van der Waals surface area contributed by atoms with Gasteiger partial charge in [0.25, 0.3) is 0 Å². The van der Waals surface area contributed by atoms with Gasteiger partial charge in [0.05, 0.1) is 5.25 Å². The molecule has 0 saturated carbocycles. The van der Waals surface area contributed by atoms with E-state index in [1.54, 1.807) is 0 Å². The van der Waals surface area contributed by atoms with Gasteiger partial charge in [-0.1, -0.05) is 12.2 Å². The average Bonchev–Trinajstić information content (AvgIpc) is 2.31. The Morgan fingerprint density at radius 2 is 1.88 bits per heavy atom. The molecule has 0 radical (unpaired) electrons. The summed E-state index contributed by atoms with van der Waals surface area (Å²) in [5, 5.41) is 2.99. The van der Waals surface area contributed by atoms with Crippen molar-refractivity contribution in [1.82, 2.24) is 10.0 Å². The summed E-state index contributed by atoms with van der Waals surface area (Å²) in [5.74, 6) is 0. The summed E-state index contributed by atoms with van der Waals surface area (Å²) in [7, 11) is -3.11. The molecular formula is C11H20N2O2S. The lowest BCUT2D eigenvalue weighted by Gasteiger charge is -2.26. The van der Waals surface area contributed by atoms with E-state index in [1.807, 2.05) is 0 Å². The van der Waals surface area contributed by atoms with E-state index in [0.717, 1.165) is 45.2 Å². The van der Waals surface area contributed by atoms with Gasteiger partial charge in [0.1, 0.15) is 0 Å². The van der Waals surface area contributed by atoms with Crippen LogP contribution in [0.5, 0.6) is 0 Å². The lowest BCUT2D eigenvalue weighted by molar-refractivity contribution is 0.472. The first-order valence-electron chi connectivity index (χ1n) is 6.05. The third kappa shape index (κ3) is 3.06. The predicted molar refractivity (Wildman–Crippen MR) is 64.7 cm³/mol. The fraction of sp³-hybridized carbons (Fsp3) is 0.818. The smallest absolute Gasteiger partial charge is 0.214 e. The molecule has 1 unspecified atom stereocenters. The molecule has 1 atom stereocenters. The SMILES string of the molecule is O=S(=O)(NC1CC=CCC1)C1CCNCC1. The number of sulfonamides is 1. The first-order valence-corrected chi connectivity index (χ1v) is 7.60. The zero-order valence-electron chi connectivity index (χ0n) is 9.48. The van der Waals surface area contributed by atoms with Gasteiger partial charge in [0.2, 0.25) is 10.0 Å². The van der Waals surface area contributed by atoms with E-state index in [-0.39, 0.29) is 11.3 Å². The van der Waals surface area contributed by atoms with Gasteiger partial charge >= 0.3 is 0 Å². The molecule has 1 fully saturated rings. The molecule has 92 valence electrons. The molecule has 5 heteroatoms. The van der Waals surface area contributed by atoms with E-state index >= 15 is 0 Å². The Morgan fingerprint density at radius 3 is 2.50 bits per heavy atom. The van der Waals surface area contributed by atoms with Crippen molar-refractivity contribution in [3.63, 3.8) is 0 Å². The summed E-state index contributed by atoms with van der Waals surface area (Å²) in [6, 6.07) is 0.116. The molecule has 2 N–H and O–H groups in total. The number of hydrogen-bond acceptors (Lipinski definition) is 3. The Morgan fingerprint density at radius 1 is 1.12 bits per heavy atom. The Kier molecular flexibility index (Phi) is 4.00. The standard InChI is InChI=1S/C11H20N2O2S/c14-16(15,11-6-8-12-9-7-11)13-10-4-2-1-3-5-10/h1-2,10-13H,3-9H2. The molecule has 0 spiro atoms. The quantitative estimate of drug-likeness (QED) is 0.721. The van der Waals surface area contributed by atoms with Gasteiger partial charge in [0.15, 0.2) is 0 Å². The highest BCUT2D eigenvalue weighted by Crippen LogP contribution is 2.16. The van der Waals surface area contributed by atoms with E-state index in [9.17, 15) is 8.42 Å². The molecule has 1 saturated heterocycles. The molecule has 0 aromatic rings. The molecule has 4 nitrogen and oxygen atoms in total. The van der Waals surface area contributed by atoms with Crippen molar-refractivity contribution >= 4 is 10.0 Å². The highest BCUT2D eigenvalue weighted by molar-refractivity contribution is 7.90. The van der Waals surface area contributed by atoms with Crippen LogP contribution < -0.4 is 10.0 Å². The molecule has 1 aliphatic heterocycles. The fourth-order valence-corrected chi connectivity index (χ4v) is 4.06. The first-order chi connectivity index (χ1) is 7.68. The number of piperidine rings is 1. The van der Waals surface area contributed by atoms with Crippen LogP contribution in [0, 0.1) is 0 Å².